The number of aromatic nitrogens is 2. The van der Waals surface area contributed by atoms with Crippen LogP contribution in [0.1, 0.15) is 31.8 Å². The highest BCUT2D eigenvalue weighted by Gasteiger charge is 2.07. The molecular formula is C12H21N3O. The van der Waals surface area contributed by atoms with Crippen molar-refractivity contribution in [2.24, 2.45) is 0 Å². The van der Waals surface area contributed by atoms with Gasteiger partial charge in [-0.05, 0) is 13.3 Å². The van der Waals surface area contributed by atoms with Gasteiger partial charge in [0.05, 0.1) is 6.10 Å². The molecule has 1 unspecified atom stereocenters. The zero-order valence-electron chi connectivity index (χ0n) is 10.6. The summed E-state index contributed by atoms with van der Waals surface area (Å²) < 4.78 is 5.23. The van der Waals surface area contributed by atoms with Crippen molar-refractivity contribution in [3.63, 3.8) is 0 Å². The first-order valence-corrected chi connectivity index (χ1v) is 5.77. The fraction of sp³-hybridized carbons (Fsp3) is 0.667. The number of hydrogen-bond acceptors (Lipinski definition) is 4. The minimum absolute atomic E-state index is 0.154. The van der Waals surface area contributed by atoms with Crippen molar-refractivity contribution in [3.05, 3.63) is 17.6 Å². The molecule has 4 nitrogen and oxygen atoms in total. The zero-order chi connectivity index (χ0) is 12.0. The third-order valence-corrected chi connectivity index (χ3v) is 2.46. The van der Waals surface area contributed by atoms with Gasteiger partial charge in [-0.2, -0.15) is 0 Å². The van der Waals surface area contributed by atoms with Crippen LogP contribution in [-0.4, -0.2) is 30.2 Å². The van der Waals surface area contributed by atoms with Crippen molar-refractivity contribution in [2.75, 3.05) is 19.5 Å². The summed E-state index contributed by atoms with van der Waals surface area (Å²) in [5.74, 6) is 1.74. The number of ether oxygens (including phenoxy) is 1. The summed E-state index contributed by atoms with van der Waals surface area (Å²) in [4.78, 5) is 8.95. The molecule has 1 atom stereocenters. The van der Waals surface area contributed by atoms with Crippen molar-refractivity contribution in [1.29, 1.82) is 0 Å². The van der Waals surface area contributed by atoms with E-state index in [0.717, 1.165) is 36.6 Å². The van der Waals surface area contributed by atoms with E-state index in [1.165, 1.54) is 0 Å². The van der Waals surface area contributed by atoms with Crippen LogP contribution in [0.15, 0.2) is 6.07 Å². The van der Waals surface area contributed by atoms with Crippen LogP contribution in [-0.2, 0) is 17.6 Å². The van der Waals surface area contributed by atoms with Gasteiger partial charge in [0, 0.05) is 32.3 Å². The Hall–Kier alpha value is -1.16. The van der Waals surface area contributed by atoms with E-state index in [4.69, 9.17) is 4.74 Å². The van der Waals surface area contributed by atoms with Gasteiger partial charge in [-0.25, -0.2) is 9.97 Å². The van der Waals surface area contributed by atoms with Crippen LogP contribution in [0.2, 0.25) is 0 Å². The lowest BCUT2D eigenvalue weighted by Crippen LogP contribution is -2.13. The van der Waals surface area contributed by atoms with Gasteiger partial charge in [0.25, 0.3) is 0 Å². The van der Waals surface area contributed by atoms with E-state index in [-0.39, 0.29) is 6.10 Å². The molecule has 1 aromatic heterocycles. The first-order chi connectivity index (χ1) is 7.69. The standard InChI is InChI=1S/C12H21N3O/c1-5-6-10-8-11(13-3)15-12(14-10)7-9(2)16-4/h8-9H,5-7H2,1-4H3,(H,13,14,15). The summed E-state index contributed by atoms with van der Waals surface area (Å²) in [5, 5.41) is 3.07. The summed E-state index contributed by atoms with van der Waals surface area (Å²) >= 11 is 0. The molecule has 0 aliphatic carbocycles. The maximum absolute atomic E-state index is 5.23. The summed E-state index contributed by atoms with van der Waals surface area (Å²) in [5.41, 5.74) is 1.10. The molecule has 4 heteroatoms. The van der Waals surface area contributed by atoms with Crippen LogP contribution in [0.4, 0.5) is 5.82 Å². The van der Waals surface area contributed by atoms with Gasteiger partial charge in [-0.15, -0.1) is 0 Å². The molecule has 16 heavy (non-hydrogen) atoms. The van der Waals surface area contributed by atoms with E-state index in [0.29, 0.717) is 0 Å². The Morgan fingerprint density at radius 2 is 2.19 bits per heavy atom. The van der Waals surface area contributed by atoms with Crippen molar-refractivity contribution in [3.8, 4) is 0 Å². The summed E-state index contributed by atoms with van der Waals surface area (Å²) in [7, 11) is 3.58. The SMILES string of the molecule is CCCc1cc(NC)nc(CC(C)OC)n1. The highest BCUT2D eigenvalue weighted by Crippen LogP contribution is 2.10. The van der Waals surface area contributed by atoms with E-state index < -0.39 is 0 Å². The van der Waals surface area contributed by atoms with Gasteiger partial charge in [0.1, 0.15) is 11.6 Å². The first-order valence-electron chi connectivity index (χ1n) is 5.77. The Morgan fingerprint density at radius 3 is 2.75 bits per heavy atom. The van der Waals surface area contributed by atoms with Crippen LogP contribution < -0.4 is 5.32 Å². The number of rotatable bonds is 6. The molecule has 0 bridgehead atoms. The average Bonchev–Trinajstić information content (AvgIpc) is 2.29. The monoisotopic (exact) mass is 223 g/mol. The third-order valence-electron chi connectivity index (χ3n) is 2.46. The maximum atomic E-state index is 5.23. The largest absolute Gasteiger partial charge is 0.381 e. The Morgan fingerprint density at radius 1 is 1.44 bits per heavy atom. The smallest absolute Gasteiger partial charge is 0.133 e. The number of nitrogens with one attached hydrogen (secondary N) is 1. The summed E-state index contributed by atoms with van der Waals surface area (Å²) in [6, 6.07) is 2.00. The lowest BCUT2D eigenvalue weighted by Gasteiger charge is -2.10. The van der Waals surface area contributed by atoms with E-state index in [9.17, 15) is 0 Å². The van der Waals surface area contributed by atoms with Gasteiger partial charge in [0.15, 0.2) is 0 Å². The second kappa shape index (κ2) is 6.43. The molecule has 0 spiro atoms. The van der Waals surface area contributed by atoms with Crippen LogP contribution >= 0.6 is 0 Å². The fourth-order valence-corrected chi connectivity index (χ4v) is 1.50. The molecule has 1 rings (SSSR count). The third kappa shape index (κ3) is 3.77. The molecule has 1 heterocycles. The van der Waals surface area contributed by atoms with E-state index >= 15 is 0 Å². The Bertz CT molecular complexity index is 328. The van der Waals surface area contributed by atoms with Crippen LogP contribution in [0.5, 0.6) is 0 Å². The summed E-state index contributed by atoms with van der Waals surface area (Å²) in [6.45, 7) is 4.17. The number of aryl methyl sites for hydroxylation is 1. The van der Waals surface area contributed by atoms with Gasteiger partial charge in [-0.3, -0.25) is 0 Å². The second-order valence-electron chi connectivity index (χ2n) is 3.91. The molecule has 0 aliphatic rings. The topological polar surface area (TPSA) is 47.0 Å². The molecule has 0 fully saturated rings. The number of hydrogen-bond donors (Lipinski definition) is 1. The van der Waals surface area contributed by atoms with Crippen molar-refractivity contribution in [2.45, 2.75) is 39.2 Å². The Balaban J connectivity index is 2.85. The molecular weight excluding hydrogens is 202 g/mol. The summed E-state index contributed by atoms with van der Waals surface area (Å²) in [6.07, 6.45) is 3.00. The normalized spacial score (nSPS) is 12.5. The van der Waals surface area contributed by atoms with Gasteiger partial charge in [-0.1, -0.05) is 13.3 Å². The quantitative estimate of drug-likeness (QED) is 0.801. The van der Waals surface area contributed by atoms with Crippen LogP contribution in [0.25, 0.3) is 0 Å². The zero-order valence-corrected chi connectivity index (χ0v) is 10.6. The number of anilines is 1. The molecule has 0 saturated carbocycles. The highest BCUT2D eigenvalue weighted by molar-refractivity contribution is 5.35. The number of methoxy groups -OCH3 is 1. The van der Waals surface area contributed by atoms with Crippen molar-refractivity contribution < 1.29 is 4.74 Å². The Labute approximate surface area is 97.5 Å². The van der Waals surface area contributed by atoms with Gasteiger partial charge >= 0.3 is 0 Å². The molecule has 90 valence electrons. The molecule has 1 N–H and O–H groups in total. The van der Waals surface area contributed by atoms with Crippen LogP contribution in [0, 0.1) is 0 Å². The molecule has 0 aromatic carbocycles. The molecule has 0 amide bonds. The van der Waals surface area contributed by atoms with Crippen molar-refractivity contribution >= 4 is 5.82 Å². The second-order valence-corrected chi connectivity index (χ2v) is 3.91. The predicted molar refractivity (Wildman–Crippen MR) is 65.7 cm³/mol. The lowest BCUT2D eigenvalue weighted by atomic mass is 10.2. The molecule has 0 radical (unpaired) electrons. The lowest BCUT2D eigenvalue weighted by molar-refractivity contribution is 0.117. The molecule has 1 aromatic rings. The van der Waals surface area contributed by atoms with E-state index in [2.05, 4.69) is 22.2 Å². The van der Waals surface area contributed by atoms with Gasteiger partial charge in [0.2, 0.25) is 0 Å². The van der Waals surface area contributed by atoms with Crippen molar-refractivity contribution in [1.82, 2.24) is 9.97 Å². The average molecular weight is 223 g/mol. The molecule has 0 saturated heterocycles. The molecule has 0 aliphatic heterocycles. The van der Waals surface area contributed by atoms with E-state index in [1.54, 1.807) is 7.11 Å². The first kappa shape index (κ1) is 12.9. The number of nitrogens with zero attached hydrogens (tertiary/aromatic N) is 2. The predicted octanol–water partition coefficient (Wildman–Crippen LogP) is 2.05. The maximum Gasteiger partial charge on any atom is 0.133 e. The minimum Gasteiger partial charge on any atom is -0.381 e. The van der Waals surface area contributed by atoms with E-state index in [1.807, 2.05) is 20.0 Å². The Kier molecular flexibility index (Phi) is 5.19. The van der Waals surface area contributed by atoms with Crippen LogP contribution in [0.3, 0.4) is 0 Å². The minimum atomic E-state index is 0.154. The fourth-order valence-electron chi connectivity index (χ4n) is 1.50. The highest BCUT2D eigenvalue weighted by atomic mass is 16.5. The van der Waals surface area contributed by atoms with Gasteiger partial charge < -0.3 is 10.1 Å².